The number of benzene rings is 1. The van der Waals surface area contributed by atoms with Gasteiger partial charge < -0.3 is 24.9 Å². The van der Waals surface area contributed by atoms with Crippen LogP contribution in [0.15, 0.2) is 40.9 Å². The molecule has 0 atom stereocenters. The molecule has 1 aliphatic carbocycles. The van der Waals surface area contributed by atoms with Crippen molar-refractivity contribution in [2.24, 2.45) is 11.8 Å². The maximum Gasteiger partial charge on any atom is 0.294 e. The minimum Gasteiger partial charge on any atom is -0.449 e. The molecule has 0 aliphatic heterocycles. The number of pyridine rings is 1. The molecule has 1 saturated carbocycles. The molecule has 4 rings (SSSR count). The Balaban J connectivity index is 1.62. The highest BCUT2D eigenvalue weighted by Crippen LogP contribution is 2.35. The number of amides is 4. The first-order valence-corrected chi connectivity index (χ1v) is 13.0. The summed E-state index contributed by atoms with van der Waals surface area (Å²) in [5, 5.41) is 6.21. The highest BCUT2D eigenvalue weighted by atomic mass is 16.3. The highest BCUT2D eigenvalue weighted by molar-refractivity contribution is 6.14. The van der Waals surface area contributed by atoms with Gasteiger partial charge >= 0.3 is 0 Å². The lowest BCUT2D eigenvalue weighted by molar-refractivity contribution is -0.135. The van der Waals surface area contributed by atoms with Crippen LogP contribution in [0.25, 0.3) is 11.0 Å². The number of rotatable bonds is 7. The summed E-state index contributed by atoms with van der Waals surface area (Å²) < 4.78 is 5.93. The van der Waals surface area contributed by atoms with E-state index in [-0.39, 0.29) is 47.4 Å². The molecular formula is C29H35N5O5. The number of nitrogens with zero attached hydrogens (tertiary/aromatic N) is 3. The molecule has 2 N–H and O–H groups in total. The third-order valence-corrected chi connectivity index (χ3v) is 7.10. The summed E-state index contributed by atoms with van der Waals surface area (Å²) >= 11 is 0. The predicted octanol–water partition coefficient (Wildman–Crippen LogP) is 3.85. The third-order valence-electron chi connectivity index (χ3n) is 7.10. The quantitative estimate of drug-likeness (QED) is 0.475. The average molecular weight is 534 g/mol. The van der Waals surface area contributed by atoms with Crippen LogP contribution in [-0.4, -0.2) is 66.6 Å². The van der Waals surface area contributed by atoms with E-state index in [1.165, 1.54) is 4.90 Å². The summed E-state index contributed by atoms with van der Waals surface area (Å²) in [6.07, 6.45) is 4.21. The van der Waals surface area contributed by atoms with Crippen molar-refractivity contribution in [1.82, 2.24) is 14.8 Å². The molecule has 0 bridgehead atoms. The van der Waals surface area contributed by atoms with Crippen molar-refractivity contribution in [3.8, 4) is 0 Å². The smallest absolute Gasteiger partial charge is 0.294 e. The Kier molecular flexibility index (Phi) is 8.32. The number of nitrogens with one attached hydrogen (secondary N) is 2. The fourth-order valence-electron chi connectivity index (χ4n) is 4.78. The molecule has 0 saturated heterocycles. The van der Waals surface area contributed by atoms with Gasteiger partial charge in [0, 0.05) is 51.6 Å². The van der Waals surface area contributed by atoms with E-state index in [4.69, 9.17) is 4.42 Å². The van der Waals surface area contributed by atoms with Crippen molar-refractivity contribution >= 4 is 46.1 Å². The summed E-state index contributed by atoms with van der Waals surface area (Å²) in [5.41, 5.74) is 2.35. The van der Waals surface area contributed by atoms with Gasteiger partial charge in [-0.3, -0.25) is 19.2 Å². The first kappa shape index (κ1) is 27.8. The van der Waals surface area contributed by atoms with E-state index in [9.17, 15) is 19.2 Å². The van der Waals surface area contributed by atoms with Crippen LogP contribution in [-0.2, 0) is 20.8 Å². The Labute approximate surface area is 227 Å². The van der Waals surface area contributed by atoms with Crippen LogP contribution < -0.4 is 10.6 Å². The van der Waals surface area contributed by atoms with Crippen molar-refractivity contribution < 1.29 is 23.6 Å². The van der Waals surface area contributed by atoms with Gasteiger partial charge in [0.2, 0.25) is 23.5 Å². The highest BCUT2D eigenvalue weighted by Gasteiger charge is 2.32. The fraction of sp³-hybridized carbons (Fsp3) is 0.414. The first-order valence-electron chi connectivity index (χ1n) is 13.0. The van der Waals surface area contributed by atoms with E-state index in [1.54, 1.807) is 63.6 Å². The topological polar surface area (TPSA) is 125 Å². The third kappa shape index (κ3) is 6.45. The normalized spacial score (nSPS) is 16.9. The lowest BCUT2D eigenvalue weighted by atomic mass is 9.81. The van der Waals surface area contributed by atoms with Gasteiger partial charge in [0.15, 0.2) is 0 Å². The van der Waals surface area contributed by atoms with Crippen LogP contribution in [0, 0.1) is 18.8 Å². The number of aryl methyl sites for hydroxylation is 1. The number of hydrogen-bond donors (Lipinski definition) is 2. The number of furan rings is 1. The molecule has 10 nitrogen and oxygen atoms in total. The molecule has 1 aliphatic rings. The number of fused-ring (bicyclic) bond motifs is 1. The lowest BCUT2D eigenvalue weighted by Crippen LogP contribution is -2.35. The second-order valence-corrected chi connectivity index (χ2v) is 10.5. The van der Waals surface area contributed by atoms with E-state index in [1.807, 2.05) is 13.0 Å². The van der Waals surface area contributed by atoms with Crippen LogP contribution in [0.5, 0.6) is 0 Å². The molecule has 2 heterocycles. The molecule has 0 radical (unpaired) electrons. The van der Waals surface area contributed by atoms with Gasteiger partial charge in [-0.15, -0.1) is 0 Å². The number of carbonyl (C=O) groups excluding carboxylic acids is 4. The Morgan fingerprint density at radius 1 is 0.923 bits per heavy atom. The fourth-order valence-corrected chi connectivity index (χ4v) is 4.78. The van der Waals surface area contributed by atoms with Gasteiger partial charge in [0.05, 0.1) is 6.42 Å². The minimum absolute atomic E-state index is 0.0479. The van der Waals surface area contributed by atoms with Crippen molar-refractivity contribution in [3.05, 3.63) is 53.4 Å². The largest absolute Gasteiger partial charge is 0.449 e. The Morgan fingerprint density at radius 2 is 1.62 bits per heavy atom. The second kappa shape index (κ2) is 11.7. The van der Waals surface area contributed by atoms with Crippen molar-refractivity contribution in [1.29, 1.82) is 0 Å². The number of likely N-dealkylation sites (N-methyl/N-ethyl adjacent to an activating group) is 1. The molecule has 1 fully saturated rings. The molecular weight excluding hydrogens is 498 g/mol. The van der Waals surface area contributed by atoms with E-state index >= 15 is 0 Å². The first-order chi connectivity index (χ1) is 18.5. The van der Waals surface area contributed by atoms with Gasteiger partial charge in [-0.25, -0.2) is 4.98 Å². The van der Waals surface area contributed by atoms with Gasteiger partial charge in [0.1, 0.15) is 17.1 Å². The monoisotopic (exact) mass is 533 g/mol. The molecule has 0 spiro atoms. The standard InChI is InChI=1S/C29H35N5O5/c1-17-6-13-23(30-16-17)31-28(37)26-25(21-14-18(7-12-22(21)39-26)15-24(35)33(2)3)32-27(36)19-8-10-20(11-9-19)29(38)34(4)5/h6-7,12-14,16,19-20H,8-11,15H2,1-5H3,(H,32,36)(H,30,31,37)/t19-,20-. The van der Waals surface area contributed by atoms with E-state index in [0.29, 0.717) is 42.5 Å². The Morgan fingerprint density at radius 3 is 2.23 bits per heavy atom. The summed E-state index contributed by atoms with van der Waals surface area (Å²) in [7, 11) is 6.86. The molecule has 4 amide bonds. The predicted molar refractivity (Wildman–Crippen MR) is 148 cm³/mol. The van der Waals surface area contributed by atoms with Crippen LogP contribution in [0.2, 0.25) is 0 Å². The Hall–Kier alpha value is -4.21. The van der Waals surface area contributed by atoms with Gasteiger partial charge in [-0.1, -0.05) is 12.1 Å². The number of anilines is 2. The minimum atomic E-state index is -0.552. The molecule has 2 aromatic heterocycles. The molecule has 206 valence electrons. The van der Waals surface area contributed by atoms with Crippen LogP contribution in [0.1, 0.15) is 47.4 Å². The van der Waals surface area contributed by atoms with Gasteiger partial charge in [-0.2, -0.15) is 0 Å². The molecule has 39 heavy (non-hydrogen) atoms. The van der Waals surface area contributed by atoms with Gasteiger partial charge in [0.25, 0.3) is 5.91 Å². The van der Waals surface area contributed by atoms with Crippen LogP contribution >= 0.6 is 0 Å². The summed E-state index contributed by atoms with van der Waals surface area (Å²) in [6, 6.07) is 8.75. The molecule has 10 heteroatoms. The molecule has 0 unspecified atom stereocenters. The van der Waals surface area contributed by atoms with E-state index in [2.05, 4.69) is 15.6 Å². The summed E-state index contributed by atoms with van der Waals surface area (Å²) in [4.78, 5) is 58.7. The van der Waals surface area contributed by atoms with Gasteiger partial charge in [-0.05, 0) is 61.9 Å². The van der Waals surface area contributed by atoms with Crippen LogP contribution in [0.4, 0.5) is 11.5 Å². The van der Waals surface area contributed by atoms with Crippen molar-refractivity contribution in [2.75, 3.05) is 38.8 Å². The number of carbonyl (C=O) groups is 4. The average Bonchev–Trinajstić information content (AvgIpc) is 3.27. The second-order valence-electron chi connectivity index (χ2n) is 10.5. The zero-order chi connectivity index (χ0) is 28.3. The summed E-state index contributed by atoms with van der Waals surface area (Å²) in [5.74, 6) is -0.852. The maximum atomic E-state index is 13.4. The summed E-state index contributed by atoms with van der Waals surface area (Å²) in [6.45, 7) is 1.90. The maximum absolute atomic E-state index is 13.4. The lowest BCUT2D eigenvalue weighted by Gasteiger charge is -2.28. The zero-order valence-corrected chi connectivity index (χ0v) is 23.0. The number of hydrogen-bond acceptors (Lipinski definition) is 6. The Bertz CT molecular complexity index is 1390. The molecule has 1 aromatic carbocycles. The van der Waals surface area contributed by atoms with Crippen molar-refractivity contribution in [3.63, 3.8) is 0 Å². The van der Waals surface area contributed by atoms with E-state index < -0.39 is 5.91 Å². The van der Waals surface area contributed by atoms with Crippen molar-refractivity contribution in [2.45, 2.75) is 39.0 Å². The SMILES string of the molecule is Cc1ccc(NC(=O)c2oc3ccc(CC(=O)N(C)C)cc3c2NC(=O)[C@H]2CC[C@H](C(=O)N(C)C)CC2)nc1. The molecule has 3 aromatic rings. The number of aromatic nitrogens is 1. The van der Waals surface area contributed by atoms with E-state index in [0.717, 1.165) is 11.1 Å². The van der Waals surface area contributed by atoms with Crippen LogP contribution in [0.3, 0.4) is 0 Å². The zero-order valence-electron chi connectivity index (χ0n) is 23.0.